The monoisotopic (exact) mass is 397 g/mol. The van der Waals surface area contributed by atoms with E-state index >= 15 is 0 Å². The van der Waals surface area contributed by atoms with Gasteiger partial charge >= 0.3 is 0 Å². The second-order valence-electron chi connectivity index (χ2n) is 3.60. The Labute approximate surface area is 129 Å². The molecular weight excluding hydrogens is 385 g/mol. The van der Waals surface area contributed by atoms with Crippen LogP contribution in [-0.4, -0.2) is 42.9 Å². The number of rotatable bonds is 6. The van der Waals surface area contributed by atoms with Gasteiger partial charge in [-0.05, 0) is 34.1 Å². The van der Waals surface area contributed by atoms with E-state index < -0.39 is 0 Å². The van der Waals surface area contributed by atoms with Gasteiger partial charge in [-0.15, -0.1) is 0 Å². The fourth-order valence-corrected chi connectivity index (χ4v) is 2.73. The topological polar surface area (TPSA) is 29.5 Å². The lowest BCUT2D eigenvalue weighted by Crippen LogP contribution is -2.35. The van der Waals surface area contributed by atoms with Gasteiger partial charge in [0.25, 0.3) is 5.91 Å². The Morgan fingerprint density at radius 1 is 1.44 bits per heavy atom. The van der Waals surface area contributed by atoms with Crippen LogP contribution >= 0.6 is 43.5 Å². The van der Waals surface area contributed by atoms with E-state index in [1.807, 2.05) is 0 Å². The van der Waals surface area contributed by atoms with Gasteiger partial charge in [-0.1, -0.05) is 27.5 Å². The number of nitrogens with zero attached hydrogens (tertiary/aromatic N) is 1. The summed E-state index contributed by atoms with van der Waals surface area (Å²) in [7, 11) is 1.62. The first-order valence-corrected chi connectivity index (χ1v) is 7.68. The van der Waals surface area contributed by atoms with Crippen LogP contribution in [0.2, 0.25) is 5.02 Å². The van der Waals surface area contributed by atoms with Crippen molar-refractivity contribution in [1.82, 2.24) is 4.90 Å². The maximum absolute atomic E-state index is 12.3. The maximum atomic E-state index is 12.3. The number of carbonyl (C=O) groups is 1. The molecule has 18 heavy (non-hydrogen) atoms. The second-order valence-corrected chi connectivity index (χ2v) is 5.68. The smallest absolute Gasteiger partial charge is 0.255 e. The van der Waals surface area contributed by atoms with Crippen molar-refractivity contribution < 1.29 is 9.53 Å². The minimum absolute atomic E-state index is 0.0324. The number of hydrogen-bond acceptors (Lipinski definition) is 2. The summed E-state index contributed by atoms with van der Waals surface area (Å²) in [4.78, 5) is 14.1. The first-order valence-electron chi connectivity index (χ1n) is 5.39. The van der Waals surface area contributed by atoms with Crippen LogP contribution < -0.4 is 0 Å². The van der Waals surface area contributed by atoms with Crippen LogP contribution in [0.1, 0.15) is 10.4 Å². The van der Waals surface area contributed by atoms with Gasteiger partial charge in [-0.2, -0.15) is 0 Å². The summed E-state index contributed by atoms with van der Waals surface area (Å²) in [6.45, 7) is 1.72. The van der Waals surface area contributed by atoms with Gasteiger partial charge in [0, 0.05) is 35.0 Å². The van der Waals surface area contributed by atoms with Gasteiger partial charge in [0.1, 0.15) is 0 Å². The first kappa shape index (κ1) is 16.0. The third kappa shape index (κ3) is 4.53. The van der Waals surface area contributed by atoms with Crippen LogP contribution in [0, 0.1) is 0 Å². The van der Waals surface area contributed by atoms with Crippen LogP contribution in [0.15, 0.2) is 22.7 Å². The SMILES string of the molecule is COCCN(CCBr)C(=O)c1ccc(Cl)cc1Br. The molecule has 1 rings (SSSR count). The molecule has 0 aliphatic heterocycles. The Morgan fingerprint density at radius 2 is 2.17 bits per heavy atom. The second kappa shape index (κ2) is 8.15. The summed E-state index contributed by atoms with van der Waals surface area (Å²) in [5.41, 5.74) is 0.608. The van der Waals surface area contributed by atoms with E-state index in [9.17, 15) is 4.79 Å². The number of amides is 1. The number of carbonyl (C=O) groups excluding carboxylic acids is 1. The molecule has 0 aromatic heterocycles. The van der Waals surface area contributed by atoms with E-state index in [1.54, 1.807) is 30.2 Å². The predicted octanol–water partition coefficient (Wildman–Crippen LogP) is 3.59. The molecule has 100 valence electrons. The lowest BCUT2D eigenvalue weighted by atomic mass is 10.2. The Morgan fingerprint density at radius 3 is 2.72 bits per heavy atom. The maximum Gasteiger partial charge on any atom is 0.255 e. The molecule has 1 aromatic rings. The molecule has 0 fully saturated rings. The molecule has 0 atom stereocenters. The van der Waals surface area contributed by atoms with Crippen LogP contribution in [0.4, 0.5) is 0 Å². The van der Waals surface area contributed by atoms with Crippen LogP contribution in [0.25, 0.3) is 0 Å². The fraction of sp³-hybridized carbons (Fsp3) is 0.417. The van der Waals surface area contributed by atoms with Gasteiger partial charge in [-0.3, -0.25) is 4.79 Å². The molecule has 6 heteroatoms. The molecule has 0 aliphatic rings. The fourth-order valence-electron chi connectivity index (χ4n) is 1.45. The van der Waals surface area contributed by atoms with Crippen molar-refractivity contribution in [2.75, 3.05) is 32.1 Å². The van der Waals surface area contributed by atoms with Crippen LogP contribution in [0.3, 0.4) is 0 Å². The van der Waals surface area contributed by atoms with Crippen molar-refractivity contribution in [1.29, 1.82) is 0 Å². The molecule has 3 nitrogen and oxygen atoms in total. The average molecular weight is 400 g/mol. The minimum Gasteiger partial charge on any atom is -0.383 e. The van der Waals surface area contributed by atoms with Gasteiger partial charge in [0.2, 0.25) is 0 Å². The van der Waals surface area contributed by atoms with Crippen molar-refractivity contribution in [3.8, 4) is 0 Å². The highest BCUT2D eigenvalue weighted by atomic mass is 79.9. The summed E-state index contributed by atoms with van der Waals surface area (Å²) < 4.78 is 5.72. The van der Waals surface area contributed by atoms with Crippen molar-refractivity contribution >= 4 is 49.4 Å². The average Bonchev–Trinajstić information content (AvgIpc) is 2.33. The number of benzene rings is 1. The number of methoxy groups -OCH3 is 1. The highest BCUT2D eigenvalue weighted by Crippen LogP contribution is 2.22. The summed E-state index contributed by atoms with van der Waals surface area (Å²) in [5.74, 6) is -0.0324. The highest BCUT2D eigenvalue weighted by Gasteiger charge is 2.17. The number of halogens is 3. The quantitative estimate of drug-likeness (QED) is 0.685. The molecule has 0 saturated heterocycles. The van der Waals surface area contributed by atoms with Crippen molar-refractivity contribution in [3.05, 3.63) is 33.3 Å². The van der Waals surface area contributed by atoms with Crippen molar-refractivity contribution in [2.45, 2.75) is 0 Å². The van der Waals surface area contributed by atoms with Crippen LogP contribution in [0.5, 0.6) is 0 Å². The standard InChI is InChI=1S/C12H14Br2ClNO2/c1-18-7-6-16(5-4-13)12(17)10-3-2-9(15)8-11(10)14/h2-3,8H,4-7H2,1H3. The van der Waals surface area contributed by atoms with E-state index in [2.05, 4.69) is 31.9 Å². The summed E-state index contributed by atoms with van der Waals surface area (Å²) in [6.07, 6.45) is 0. The zero-order valence-electron chi connectivity index (χ0n) is 9.96. The Bertz CT molecular complexity index is 415. The lowest BCUT2D eigenvalue weighted by Gasteiger charge is -2.22. The summed E-state index contributed by atoms with van der Waals surface area (Å²) in [6, 6.07) is 5.16. The van der Waals surface area contributed by atoms with Gasteiger partial charge < -0.3 is 9.64 Å². The molecule has 0 heterocycles. The third-order valence-corrected chi connectivity index (χ3v) is 3.61. The Balaban J connectivity index is 2.87. The largest absolute Gasteiger partial charge is 0.383 e. The molecule has 0 radical (unpaired) electrons. The molecule has 0 N–H and O–H groups in total. The normalized spacial score (nSPS) is 10.4. The van der Waals surface area contributed by atoms with Gasteiger partial charge in [-0.25, -0.2) is 0 Å². The molecule has 0 aliphatic carbocycles. The highest BCUT2D eigenvalue weighted by molar-refractivity contribution is 9.10. The molecule has 1 aromatic carbocycles. The van der Waals surface area contributed by atoms with E-state index in [4.69, 9.17) is 16.3 Å². The summed E-state index contributed by atoms with van der Waals surface area (Å²) in [5, 5.41) is 1.33. The Kier molecular flexibility index (Phi) is 7.22. The molecular formula is C12H14Br2ClNO2. The van der Waals surface area contributed by atoms with Gasteiger partial charge in [0.05, 0.1) is 12.2 Å². The third-order valence-electron chi connectivity index (χ3n) is 2.37. The molecule has 0 spiro atoms. The van der Waals surface area contributed by atoms with Crippen molar-refractivity contribution in [2.24, 2.45) is 0 Å². The zero-order chi connectivity index (χ0) is 13.5. The zero-order valence-corrected chi connectivity index (χ0v) is 13.9. The Hall–Kier alpha value is -0.100. The van der Waals surface area contributed by atoms with Gasteiger partial charge in [0.15, 0.2) is 0 Å². The van der Waals surface area contributed by atoms with E-state index in [0.29, 0.717) is 34.8 Å². The molecule has 0 saturated carbocycles. The van der Waals surface area contributed by atoms with E-state index in [1.165, 1.54) is 0 Å². The number of alkyl halides is 1. The van der Waals surface area contributed by atoms with Crippen LogP contribution in [-0.2, 0) is 4.74 Å². The minimum atomic E-state index is -0.0324. The molecule has 0 bridgehead atoms. The lowest BCUT2D eigenvalue weighted by molar-refractivity contribution is 0.0708. The van der Waals surface area contributed by atoms with E-state index in [-0.39, 0.29) is 5.91 Å². The first-order chi connectivity index (χ1) is 8.60. The van der Waals surface area contributed by atoms with Crippen molar-refractivity contribution in [3.63, 3.8) is 0 Å². The summed E-state index contributed by atoms with van der Waals surface area (Å²) >= 11 is 12.6. The molecule has 1 amide bonds. The number of ether oxygens (including phenoxy) is 1. The molecule has 0 unspecified atom stereocenters. The number of hydrogen-bond donors (Lipinski definition) is 0. The van der Waals surface area contributed by atoms with E-state index in [0.717, 1.165) is 5.33 Å². The predicted molar refractivity (Wildman–Crippen MR) is 80.7 cm³/mol.